The molecule has 0 spiro atoms. The Morgan fingerprint density at radius 2 is 1.73 bits per heavy atom. The van der Waals surface area contributed by atoms with Crippen LogP contribution in [0, 0.1) is 5.92 Å². The lowest BCUT2D eigenvalue weighted by atomic mass is 10.0. The van der Waals surface area contributed by atoms with Gasteiger partial charge in [0.2, 0.25) is 0 Å². The van der Waals surface area contributed by atoms with Crippen molar-refractivity contribution in [3.63, 3.8) is 0 Å². The van der Waals surface area contributed by atoms with E-state index in [0.29, 0.717) is 5.56 Å². The van der Waals surface area contributed by atoms with Crippen molar-refractivity contribution in [2.45, 2.75) is 18.1 Å². The predicted molar refractivity (Wildman–Crippen MR) is 53.7 cm³/mol. The average Bonchev–Trinajstić information content (AvgIpc) is 2.81. The van der Waals surface area contributed by atoms with Gasteiger partial charge in [0.05, 0.1) is 11.5 Å². The van der Waals surface area contributed by atoms with E-state index in [-0.39, 0.29) is 18.8 Å². The minimum atomic E-state index is -4.18. The highest BCUT2D eigenvalue weighted by Gasteiger charge is 2.65. The molecule has 0 aliphatic heterocycles. The molecule has 0 unspecified atom stereocenters. The predicted octanol–water partition coefficient (Wildman–Crippen LogP) is 2.84. The maximum atomic E-state index is 12.3. The second-order valence-corrected chi connectivity index (χ2v) is 3.70. The van der Waals surface area contributed by atoms with Crippen molar-refractivity contribution in [3.05, 3.63) is 35.9 Å². The maximum absolute atomic E-state index is 12.3. The standard InChI is InChI=1S/C10H10F3N.ClH/c11-10(12,13)8-6-9(8,14)7-4-2-1-3-5-7;/h1-5,8H,6,14H2;1H/t8-,9+;/m1./s1. The van der Waals surface area contributed by atoms with Gasteiger partial charge in [-0.25, -0.2) is 0 Å². The molecule has 1 aliphatic carbocycles. The lowest BCUT2D eigenvalue weighted by molar-refractivity contribution is -0.152. The fraction of sp³-hybridized carbons (Fsp3) is 0.400. The van der Waals surface area contributed by atoms with Gasteiger partial charge in [-0.05, 0) is 12.0 Å². The van der Waals surface area contributed by atoms with Crippen molar-refractivity contribution >= 4 is 12.4 Å². The molecule has 0 bridgehead atoms. The zero-order valence-corrected chi connectivity index (χ0v) is 8.61. The topological polar surface area (TPSA) is 26.0 Å². The molecule has 5 heteroatoms. The summed E-state index contributed by atoms with van der Waals surface area (Å²) in [5.74, 6) is -1.38. The van der Waals surface area contributed by atoms with Crippen LogP contribution in [0.15, 0.2) is 30.3 Å². The molecule has 1 aromatic rings. The zero-order chi connectivity index (χ0) is 10.4. The van der Waals surface area contributed by atoms with Crippen molar-refractivity contribution in [2.24, 2.45) is 11.7 Å². The SMILES string of the molecule is Cl.N[C@]1(c2ccccc2)C[C@H]1C(F)(F)F. The van der Waals surface area contributed by atoms with E-state index in [1.807, 2.05) is 0 Å². The first-order chi connectivity index (χ1) is 6.44. The van der Waals surface area contributed by atoms with E-state index >= 15 is 0 Å². The van der Waals surface area contributed by atoms with Crippen LogP contribution < -0.4 is 5.73 Å². The molecule has 0 radical (unpaired) electrons. The second kappa shape index (κ2) is 3.68. The van der Waals surface area contributed by atoms with Gasteiger partial charge in [-0.1, -0.05) is 30.3 Å². The van der Waals surface area contributed by atoms with Crippen molar-refractivity contribution in [1.82, 2.24) is 0 Å². The minimum absolute atomic E-state index is 0. The second-order valence-electron chi connectivity index (χ2n) is 3.70. The van der Waals surface area contributed by atoms with Gasteiger partial charge in [0, 0.05) is 0 Å². The Morgan fingerprint density at radius 1 is 1.20 bits per heavy atom. The quantitative estimate of drug-likeness (QED) is 0.799. The Hall–Kier alpha value is -0.740. The summed E-state index contributed by atoms with van der Waals surface area (Å²) >= 11 is 0. The first-order valence-electron chi connectivity index (χ1n) is 4.36. The molecule has 1 aromatic carbocycles. The highest BCUT2D eigenvalue weighted by molar-refractivity contribution is 5.85. The summed E-state index contributed by atoms with van der Waals surface area (Å²) in [7, 11) is 0. The van der Waals surface area contributed by atoms with Gasteiger partial charge in [-0.3, -0.25) is 0 Å². The lowest BCUT2D eigenvalue weighted by Gasteiger charge is -2.13. The summed E-state index contributed by atoms with van der Waals surface area (Å²) in [6.45, 7) is 0. The summed E-state index contributed by atoms with van der Waals surface area (Å²) in [5.41, 5.74) is 5.07. The third-order valence-electron chi connectivity index (χ3n) is 2.71. The summed E-state index contributed by atoms with van der Waals surface area (Å²) in [6, 6.07) is 8.46. The maximum Gasteiger partial charge on any atom is 0.393 e. The summed E-state index contributed by atoms with van der Waals surface area (Å²) < 4.78 is 37.0. The Labute approximate surface area is 91.9 Å². The van der Waals surface area contributed by atoms with E-state index in [0.717, 1.165) is 0 Å². The largest absolute Gasteiger partial charge is 0.393 e. The van der Waals surface area contributed by atoms with Gasteiger partial charge in [0.25, 0.3) is 0 Å². The van der Waals surface area contributed by atoms with Crippen molar-refractivity contribution in [2.75, 3.05) is 0 Å². The molecule has 2 atom stereocenters. The Morgan fingerprint density at radius 3 is 2.13 bits per heavy atom. The average molecular weight is 238 g/mol. The van der Waals surface area contributed by atoms with Gasteiger partial charge >= 0.3 is 6.18 Å². The third-order valence-corrected chi connectivity index (χ3v) is 2.71. The highest BCUT2D eigenvalue weighted by atomic mass is 35.5. The molecule has 0 aromatic heterocycles. The van der Waals surface area contributed by atoms with Crippen LogP contribution in [0.1, 0.15) is 12.0 Å². The van der Waals surface area contributed by atoms with Crippen LogP contribution in [-0.4, -0.2) is 6.18 Å². The fourth-order valence-electron chi connectivity index (χ4n) is 1.75. The molecular weight excluding hydrogens is 227 g/mol. The van der Waals surface area contributed by atoms with Crippen LogP contribution in [0.2, 0.25) is 0 Å². The summed E-state index contributed by atoms with van der Waals surface area (Å²) in [4.78, 5) is 0. The van der Waals surface area contributed by atoms with E-state index in [9.17, 15) is 13.2 Å². The fourth-order valence-corrected chi connectivity index (χ4v) is 1.75. The molecule has 1 aliphatic rings. The number of halogens is 4. The summed E-state index contributed by atoms with van der Waals surface area (Å²) in [5, 5.41) is 0. The lowest BCUT2D eigenvalue weighted by Crippen LogP contribution is -2.28. The van der Waals surface area contributed by atoms with Crippen molar-refractivity contribution in [3.8, 4) is 0 Å². The van der Waals surface area contributed by atoms with Crippen LogP contribution in [0.4, 0.5) is 13.2 Å². The smallest absolute Gasteiger partial charge is 0.321 e. The first kappa shape index (κ1) is 12.3. The van der Waals surface area contributed by atoms with Crippen LogP contribution in [-0.2, 0) is 5.54 Å². The summed E-state index contributed by atoms with van der Waals surface area (Å²) in [6.07, 6.45) is -4.18. The number of hydrogen-bond donors (Lipinski definition) is 1. The normalized spacial score (nSPS) is 29.5. The third kappa shape index (κ3) is 2.11. The Bertz CT molecular complexity index is 338. The van der Waals surface area contributed by atoms with Crippen LogP contribution in [0.25, 0.3) is 0 Å². The zero-order valence-electron chi connectivity index (χ0n) is 7.79. The van der Waals surface area contributed by atoms with E-state index in [4.69, 9.17) is 5.73 Å². The van der Waals surface area contributed by atoms with Crippen molar-refractivity contribution < 1.29 is 13.2 Å². The van der Waals surface area contributed by atoms with E-state index < -0.39 is 17.6 Å². The molecule has 0 heterocycles. The van der Waals surface area contributed by atoms with E-state index in [1.54, 1.807) is 30.3 Å². The molecule has 15 heavy (non-hydrogen) atoms. The number of alkyl halides is 3. The molecule has 84 valence electrons. The molecule has 0 amide bonds. The van der Waals surface area contributed by atoms with Gasteiger partial charge in [-0.2, -0.15) is 13.2 Å². The molecule has 1 nitrogen and oxygen atoms in total. The van der Waals surface area contributed by atoms with Gasteiger partial charge in [0.1, 0.15) is 0 Å². The number of nitrogens with two attached hydrogens (primary N) is 1. The molecule has 2 N–H and O–H groups in total. The van der Waals surface area contributed by atoms with Gasteiger partial charge in [0.15, 0.2) is 0 Å². The molecule has 1 saturated carbocycles. The monoisotopic (exact) mass is 237 g/mol. The number of hydrogen-bond acceptors (Lipinski definition) is 1. The van der Waals surface area contributed by atoms with Crippen LogP contribution in [0.5, 0.6) is 0 Å². The molecule has 0 saturated heterocycles. The van der Waals surface area contributed by atoms with E-state index in [2.05, 4.69) is 0 Å². The molecule has 1 fully saturated rings. The van der Waals surface area contributed by atoms with Gasteiger partial charge in [-0.15, -0.1) is 12.4 Å². The minimum Gasteiger partial charge on any atom is -0.321 e. The molecular formula is C10H11ClF3N. The van der Waals surface area contributed by atoms with Crippen LogP contribution >= 0.6 is 12.4 Å². The van der Waals surface area contributed by atoms with Crippen LogP contribution in [0.3, 0.4) is 0 Å². The highest BCUT2D eigenvalue weighted by Crippen LogP contribution is 2.57. The Kier molecular flexibility index (Phi) is 3.03. The van der Waals surface area contributed by atoms with Crippen molar-refractivity contribution in [1.29, 1.82) is 0 Å². The number of benzene rings is 1. The van der Waals surface area contributed by atoms with E-state index in [1.165, 1.54) is 0 Å². The number of rotatable bonds is 1. The van der Waals surface area contributed by atoms with Gasteiger partial charge < -0.3 is 5.73 Å². The Balaban J connectivity index is 0.00000112. The molecule has 2 rings (SSSR count). The first-order valence-corrected chi connectivity index (χ1v) is 4.36.